The highest BCUT2D eigenvalue weighted by molar-refractivity contribution is 6.00. The number of halogens is 2. The lowest BCUT2D eigenvalue weighted by Crippen LogP contribution is -2.18. The predicted octanol–water partition coefficient (Wildman–Crippen LogP) is 5.57. The summed E-state index contributed by atoms with van der Waals surface area (Å²) in [7, 11) is 1.44. The van der Waals surface area contributed by atoms with Crippen LogP contribution in [0, 0.1) is 17.6 Å². The number of rotatable bonds is 6. The van der Waals surface area contributed by atoms with E-state index in [-0.39, 0.29) is 29.5 Å². The number of aromatic nitrogens is 2. The number of benzene rings is 2. The van der Waals surface area contributed by atoms with Gasteiger partial charge in [0.25, 0.3) is 0 Å². The Balaban J connectivity index is 1.32. The second-order valence-corrected chi connectivity index (χ2v) is 8.52. The first-order chi connectivity index (χ1) is 16.9. The van der Waals surface area contributed by atoms with E-state index in [2.05, 4.69) is 20.8 Å². The molecule has 1 amide bonds. The van der Waals surface area contributed by atoms with Gasteiger partial charge in [-0.15, -0.1) is 5.10 Å². The molecule has 8 nitrogen and oxygen atoms in total. The van der Waals surface area contributed by atoms with E-state index in [4.69, 9.17) is 9.15 Å². The first kappa shape index (κ1) is 24.3. The number of esters is 1. The van der Waals surface area contributed by atoms with Crippen molar-refractivity contribution in [2.24, 2.45) is 5.92 Å². The molecule has 4 rings (SSSR count). The molecular weight excluding hydrogens is 458 g/mol. The van der Waals surface area contributed by atoms with E-state index >= 15 is 0 Å². The molecule has 0 radical (unpaired) electrons. The second-order valence-electron chi connectivity index (χ2n) is 8.52. The Kier molecular flexibility index (Phi) is 7.69. The molecule has 10 heteroatoms. The van der Waals surface area contributed by atoms with Gasteiger partial charge in [-0.2, -0.15) is 0 Å². The van der Waals surface area contributed by atoms with Crippen molar-refractivity contribution in [3.05, 3.63) is 65.6 Å². The van der Waals surface area contributed by atoms with Crippen molar-refractivity contribution in [2.45, 2.75) is 44.4 Å². The highest BCUT2D eigenvalue weighted by Gasteiger charge is 2.23. The molecule has 0 saturated heterocycles. The largest absolute Gasteiger partial charge is 0.469 e. The van der Waals surface area contributed by atoms with Gasteiger partial charge >= 0.3 is 23.8 Å². The maximum Gasteiger partial charge on any atom is 0.320 e. The summed E-state index contributed by atoms with van der Waals surface area (Å²) in [6.07, 6.45) is 5.59. The van der Waals surface area contributed by atoms with Gasteiger partial charge < -0.3 is 19.8 Å². The molecule has 2 N–H and O–H groups in total. The topological polar surface area (TPSA) is 106 Å². The molecule has 0 aliphatic heterocycles. The van der Waals surface area contributed by atoms with Crippen molar-refractivity contribution < 1.29 is 27.5 Å². The third-order valence-corrected chi connectivity index (χ3v) is 6.17. The SMILES string of the molecule is COC(=O)C1CCCC(c2ccc(NC(=O)c3nnc(Nc4ccc(F)c(F)c4)o3)cc2)CCC1. The zero-order valence-corrected chi connectivity index (χ0v) is 19.2. The highest BCUT2D eigenvalue weighted by atomic mass is 19.2. The van der Waals surface area contributed by atoms with E-state index in [1.165, 1.54) is 18.7 Å². The Morgan fingerprint density at radius 2 is 1.63 bits per heavy atom. The number of carbonyl (C=O) groups excluding carboxylic acids is 2. The first-order valence-corrected chi connectivity index (χ1v) is 11.5. The number of ether oxygens (including phenoxy) is 1. The van der Waals surface area contributed by atoms with Crippen LogP contribution in [-0.2, 0) is 9.53 Å². The molecule has 2 aromatic carbocycles. The van der Waals surface area contributed by atoms with Gasteiger partial charge in [-0.05, 0) is 61.4 Å². The molecule has 0 bridgehead atoms. The molecule has 1 heterocycles. The molecule has 1 fully saturated rings. The monoisotopic (exact) mass is 484 g/mol. The molecule has 0 atom stereocenters. The Hall–Kier alpha value is -3.82. The van der Waals surface area contributed by atoms with Crippen molar-refractivity contribution in [2.75, 3.05) is 17.7 Å². The average molecular weight is 485 g/mol. The van der Waals surface area contributed by atoms with Crippen molar-refractivity contribution in [1.29, 1.82) is 0 Å². The van der Waals surface area contributed by atoms with Gasteiger partial charge in [0, 0.05) is 17.4 Å². The zero-order chi connectivity index (χ0) is 24.8. The average Bonchev–Trinajstić information content (AvgIpc) is 3.30. The summed E-state index contributed by atoms with van der Waals surface area (Å²) < 4.78 is 36.6. The van der Waals surface area contributed by atoms with Gasteiger partial charge in [-0.25, -0.2) is 8.78 Å². The number of nitrogens with one attached hydrogen (secondary N) is 2. The predicted molar refractivity (Wildman–Crippen MR) is 124 cm³/mol. The van der Waals surface area contributed by atoms with Crippen LogP contribution >= 0.6 is 0 Å². The smallest absolute Gasteiger partial charge is 0.320 e. The Morgan fingerprint density at radius 3 is 2.29 bits per heavy atom. The lowest BCUT2D eigenvalue weighted by atomic mass is 9.82. The molecule has 35 heavy (non-hydrogen) atoms. The first-order valence-electron chi connectivity index (χ1n) is 11.5. The normalized spacial score (nSPS) is 18.3. The van der Waals surface area contributed by atoms with Crippen molar-refractivity contribution in [1.82, 2.24) is 10.2 Å². The number of carbonyl (C=O) groups is 2. The summed E-state index contributed by atoms with van der Waals surface area (Å²) in [6.45, 7) is 0. The van der Waals surface area contributed by atoms with Gasteiger partial charge in [0.15, 0.2) is 11.6 Å². The van der Waals surface area contributed by atoms with E-state index < -0.39 is 17.5 Å². The van der Waals surface area contributed by atoms with Crippen LogP contribution in [0.15, 0.2) is 46.9 Å². The summed E-state index contributed by atoms with van der Waals surface area (Å²) in [5.74, 6) is -2.59. The number of anilines is 3. The summed E-state index contributed by atoms with van der Waals surface area (Å²) in [4.78, 5) is 24.3. The third kappa shape index (κ3) is 6.20. The summed E-state index contributed by atoms with van der Waals surface area (Å²) >= 11 is 0. The van der Waals surface area contributed by atoms with Crippen molar-refractivity contribution in [3.63, 3.8) is 0 Å². The fraction of sp³-hybridized carbons (Fsp3) is 0.360. The number of amides is 1. The quantitative estimate of drug-likeness (QED) is 0.441. The second kappa shape index (κ2) is 11.1. The summed E-state index contributed by atoms with van der Waals surface area (Å²) in [6, 6.07) is 10.7. The minimum atomic E-state index is -1.03. The van der Waals surface area contributed by atoms with E-state index in [1.54, 1.807) is 0 Å². The maximum absolute atomic E-state index is 13.3. The van der Waals surface area contributed by atoms with Crippen LogP contribution in [0.5, 0.6) is 0 Å². The molecule has 1 aromatic heterocycles. The van der Waals surface area contributed by atoms with Gasteiger partial charge in [-0.1, -0.05) is 30.1 Å². The lowest BCUT2D eigenvalue weighted by molar-refractivity contribution is -0.146. The van der Waals surface area contributed by atoms with E-state index in [0.717, 1.165) is 50.7 Å². The fourth-order valence-electron chi connectivity index (χ4n) is 4.33. The molecular formula is C25H26F2N4O4. The molecule has 0 spiro atoms. The van der Waals surface area contributed by atoms with Crippen LogP contribution in [0.4, 0.5) is 26.2 Å². The maximum atomic E-state index is 13.3. The van der Waals surface area contributed by atoms with E-state index in [1.807, 2.05) is 24.3 Å². The minimum Gasteiger partial charge on any atom is -0.469 e. The van der Waals surface area contributed by atoms with Gasteiger partial charge in [0.05, 0.1) is 13.0 Å². The van der Waals surface area contributed by atoms with Crippen LogP contribution in [0.2, 0.25) is 0 Å². The number of methoxy groups -OCH3 is 1. The van der Waals surface area contributed by atoms with Gasteiger partial charge in [-0.3, -0.25) is 9.59 Å². The molecule has 3 aromatic rings. The van der Waals surface area contributed by atoms with Crippen LogP contribution in [0.3, 0.4) is 0 Å². The summed E-state index contributed by atoms with van der Waals surface area (Å²) in [5.41, 5.74) is 1.96. The molecule has 1 aliphatic carbocycles. The minimum absolute atomic E-state index is 0.00388. The van der Waals surface area contributed by atoms with Gasteiger partial charge in [0.2, 0.25) is 0 Å². The number of hydrogen-bond donors (Lipinski definition) is 2. The number of hydrogen-bond acceptors (Lipinski definition) is 7. The van der Waals surface area contributed by atoms with E-state index in [9.17, 15) is 18.4 Å². The standard InChI is InChI=1S/C25H26F2N4O4/c1-34-24(33)17-6-2-4-15(5-3-7-17)16-8-10-18(11-9-16)28-22(32)23-30-31-25(35-23)29-19-12-13-20(26)21(27)14-19/h8-15,17H,2-7H2,1H3,(H,28,32)(H,29,31). The highest BCUT2D eigenvalue weighted by Crippen LogP contribution is 2.33. The number of nitrogens with zero attached hydrogens (tertiary/aromatic N) is 2. The molecule has 184 valence electrons. The summed E-state index contributed by atoms with van der Waals surface area (Å²) in [5, 5.41) is 12.7. The van der Waals surface area contributed by atoms with Gasteiger partial charge in [0.1, 0.15) is 0 Å². The Labute approximate surface area is 201 Å². The molecule has 0 unspecified atom stereocenters. The third-order valence-electron chi connectivity index (χ3n) is 6.17. The van der Waals surface area contributed by atoms with Crippen molar-refractivity contribution >= 4 is 29.3 Å². The fourth-order valence-corrected chi connectivity index (χ4v) is 4.33. The molecule has 1 saturated carbocycles. The van der Waals surface area contributed by atoms with Crippen LogP contribution in [0.1, 0.15) is 60.7 Å². The van der Waals surface area contributed by atoms with Crippen LogP contribution in [-0.4, -0.2) is 29.2 Å². The zero-order valence-electron chi connectivity index (χ0n) is 19.2. The van der Waals surface area contributed by atoms with E-state index in [0.29, 0.717) is 11.6 Å². The van der Waals surface area contributed by atoms with Crippen LogP contribution in [0.25, 0.3) is 0 Å². The molecule has 1 aliphatic rings. The Morgan fingerprint density at radius 1 is 0.943 bits per heavy atom. The van der Waals surface area contributed by atoms with Crippen LogP contribution < -0.4 is 10.6 Å². The lowest BCUT2D eigenvalue weighted by Gasteiger charge is -2.23. The Bertz CT molecular complexity index is 1170. The van der Waals surface area contributed by atoms with Crippen molar-refractivity contribution in [3.8, 4) is 0 Å².